The van der Waals surface area contributed by atoms with E-state index in [-0.39, 0.29) is 18.5 Å². The van der Waals surface area contributed by atoms with Crippen LogP contribution in [-0.4, -0.2) is 54.2 Å². The molecule has 1 heterocycles. The summed E-state index contributed by atoms with van der Waals surface area (Å²) in [6.07, 6.45) is -0.183. The van der Waals surface area contributed by atoms with Crippen LogP contribution in [0.4, 0.5) is 10.1 Å². The largest absolute Gasteiger partial charge is 0.491 e. The lowest BCUT2D eigenvalue weighted by Crippen LogP contribution is -2.26. The molecule has 0 bridgehead atoms. The number of aliphatic imine (C=N–C) groups is 2. The SMILES string of the molecule is CC(=NCN=C(C)N1CCC(F)C1)C(=N)c1cc(OC(C)C)ccc1N. The number of nitrogens with one attached hydrogen (secondary N) is 1. The molecule has 0 aromatic heterocycles. The molecule has 1 aliphatic heterocycles. The number of ether oxygens (including phenoxy) is 1. The van der Waals surface area contributed by atoms with E-state index in [9.17, 15) is 4.39 Å². The number of anilines is 1. The number of nitrogens with zero attached hydrogens (tertiary/aromatic N) is 3. The van der Waals surface area contributed by atoms with Crippen LogP contribution >= 0.6 is 0 Å². The van der Waals surface area contributed by atoms with Crippen molar-refractivity contribution in [3.63, 3.8) is 0 Å². The van der Waals surface area contributed by atoms with Crippen LogP contribution in [0, 0.1) is 5.41 Å². The van der Waals surface area contributed by atoms with E-state index < -0.39 is 6.17 Å². The molecular formula is C19H28FN5O. The lowest BCUT2D eigenvalue weighted by atomic mass is 10.0. The highest BCUT2D eigenvalue weighted by Crippen LogP contribution is 2.21. The van der Waals surface area contributed by atoms with Gasteiger partial charge in [-0.25, -0.2) is 9.38 Å². The molecule has 1 atom stereocenters. The quantitative estimate of drug-likeness (QED) is 0.463. The Morgan fingerprint density at radius 1 is 1.38 bits per heavy atom. The zero-order valence-corrected chi connectivity index (χ0v) is 15.9. The zero-order valence-electron chi connectivity index (χ0n) is 15.9. The molecule has 0 spiro atoms. The minimum Gasteiger partial charge on any atom is -0.491 e. The molecule has 7 heteroatoms. The van der Waals surface area contributed by atoms with Gasteiger partial charge in [-0.2, -0.15) is 0 Å². The van der Waals surface area contributed by atoms with Crippen molar-refractivity contribution in [2.45, 2.75) is 46.4 Å². The Hall–Kier alpha value is -2.44. The van der Waals surface area contributed by atoms with Crippen LogP contribution in [-0.2, 0) is 0 Å². The molecule has 26 heavy (non-hydrogen) atoms. The number of alkyl halides is 1. The normalized spacial score (nSPS) is 18.5. The molecule has 1 unspecified atom stereocenters. The van der Waals surface area contributed by atoms with Crippen LogP contribution < -0.4 is 10.5 Å². The standard InChI is InChI=1S/C19H28FN5O/c1-12(2)26-16-5-6-18(21)17(9-16)19(22)13(3)23-11-24-14(4)25-8-7-15(20)10-25/h5-6,9,12,15,22H,7-8,10-11,21H2,1-4H3. The Morgan fingerprint density at radius 3 is 2.73 bits per heavy atom. The summed E-state index contributed by atoms with van der Waals surface area (Å²) in [7, 11) is 0. The van der Waals surface area contributed by atoms with E-state index in [1.807, 2.05) is 25.7 Å². The van der Waals surface area contributed by atoms with Crippen LogP contribution in [0.15, 0.2) is 28.2 Å². The summed E-state index contributed by atoms with van der Waals surface area (Å²) in [6.45, 7) is 8.80. The summed E-state index contributed by atoms with van der Waals surface area (Å²) < 4.78 is 18.9. The summed E-state index contributed by atoms with van der Waals surface area (Å²) in [5.41, 5.74) is 7.89. The number of amidine groups is 1. The number of halogens is 1. The van der Waals surface area contributed by atoms with Gasteiger partial charge < -0.3 is 15.4 Å². The van der Waals surface area contributed by atoms with Gasteiger partial charge in [0.2, 0.25) is 0 Å². The van der Waals surface area contributed by atoms with Gasteiger partial charge in [0.1, 0.15) is 18.6 Å². The first-order valence-electron chi connectivity index (χ1n) is 8.84. The lowest BCUT2D eigenvalue weighted by molar-refractivity contribution is 0.242. The first kappa shape index (κ1) is 19.9. The molecule has 1 aromatic carbocycles. The van der Waals surface area contributed by atoms with Gasteiger partial charge in [0.15, 0.2) is 0 Å². The highest BCUT2D eigenvalue weighted by molar-refractivity contribution is 6.47. The molecule has 1 aromatic rings. The fourth-order valence-electron chi connectivity index (χ4n) is 2.73. The van der Waals surface area contributed by atoms with E-state index in [4.69, 9.17) is 15.9 Å². The van der Waals surface area contributed by atoms with E-state index >= 15 is 0 Å². The van der Waals surface area contributed by atoms with Gasteiger partial charge in [-0.1, -0.05) is 0 Å². The summed E-state index contributed by atoms with van der Waals surface area (Å²) in [5, 5.41) is 8.36. The smallest absolute Gasteiger partial charge is 0.131 e. The van der Waals surface area contributed by atoms with Crippen molar-refractivity contribution in [3.8, 4) is 5.75 Å². The van der Waals surface area contributed by atoms with Crippen molar-refractivity contribution in [3.05, 3.63) is 23.8 Å². The zero-order chi connectivity index (χ0) is 19.3. The number of likely N-dealkylation sites (tertiary alicyclic amines) is 1. The maximum absolute atomic E-state index is 13.3. The fraction of sp³-hybridized carbons (Fsp3) is 0.526. The van der Waals surface area contributed by atoms with Crippen molar-refractivity contribution in [2.75, 3.05) is 25.5 Å². The summed E-state index contributed by atoms with van der Waals surface area (Å²) >= 11 is 0. The predicted octanol–water partition coefficient (Wildman–Crippen LogP) is 3.30. The van der Waals surface area contributed by atoms with Crippen molar-refractivity contribution in [1.29, 1.82) is 5.41 Å². The van der Waals surface area contributed by atoms with E-state index in [1.165, 1.54) is 0 Å². The Kier molecular flexibility index (Phi) is 6.71. The minimum absolute atomic E-state index is 0.0437. The predicted molar refractivity (Wildman–Crippen MR) is 106 cm³/mol. The molecule has 1 fully saturated rings. The molecule has 0 radical (unpaired) electrons. The van der Waals surface area contributed by atoms with Crippen LogP contribution in [0.3, 0.4) is 0 Å². The van der Waals surface area contributed by atoms with E-state index in [2.05, 4.69) is 9.98 Å². The van der Waals surface area contributed by atoms with Crippen LogP contribution in [0.25, 0.3) is 0 Å². The van der Waals surface area contributed by atoms with E-state index in [0.29, 0.717) is 42.2 Å². The molecule has 3 N–H and O–H groups in total. The fourth-order valence-corrected chi connectivity index (χ4v) is 2.73. The number of hydrogen-bond acceptors (Lipinski definition) is 5. The van der Waals surface area contributed by atoms with Gasteiger partial charge in [-0.05, 0) is 52.3 Å². The minimum atomic E-state index is -0.776. The van der Waals surface area contributed by atoms with Crippen molar-refractivity contribution in [1.82, 2.24) is 4.90 Å². The van der Waals surface area contributed by atoms with Crippen LogP contribution in [0.1, 0.15) is 39.7 Å². The van der Waals surface area contributed by atoms with Gasteiger partial charge in [-0.3, -0.25) is 10.4 Å². The Labute approximate surface area is 154 Å². The Balaban J connectivity index is 2.05. The molecule has 2 rings (SSSR count). The molecule has 0 amide bonds. The van der Waals surface area contributed by atoms with Gasteiger partial charge >= 0.3 is 0 Å². The number of hydrogen-bond donors (Lipinski definition) is 2. The summed E-state index contributed by atoms with van der Waals surface area (Å²) in [4.78, 5) is 10.6. The average Bonchev–Trinajstić information content (AvgIpc) is 3.02. The molecule has 1 saturated heterocycles. The first-order valence-corrected chi connectivity index (χ1v) is 8.84. The second-order valence-corrected chi connectivity index (χ2v) is 6.71. The molecule has 6 nitrogen and oxygen atoms in total. The van der Waals surface area contributed by atoms with E-state index in [0.717, 1.165) is 5.84 Å². The number of benzene rings is 1. The van der Waals surface area contributed by atoms with E-state index in [1.54, 1.807) is 25.1 Å². The third-order valence-corrected chi connectivity index (χ3v) is 4.22. The number of rotatable bonds is 6. The van der Waals surface area contributed by atoms with Crippen LogP contribution in [0.5, 0.6) is 5.75 Å². The number of nitrogen functional groups attached to an aromatic ring is 1. The molecule has 0 saturated carbocycles. The molecule has 142 valence electrons. The Bertz CT molecular complexity index is 714. The van der Waals surface area contributed by atoms with Gasteiger partial charge in [-0.15, -0.1) is 0 Å². The third-order valence-electron chi connectivity index (χ3n) is 4.22. The summed E-state index contributed by atoms with van der Waals surface area (Å²) in [6, 6.07) is 5.29. The van der Waals surface area contributed by atoms with Crippen molar-refractivity contribution >= 4 is 22.9 Å². The topological polar surface area (TPSA) is 87.1 Å². The van der Waals surface area contributed by atoms with Crippen molar-refractivity contribution < 1.29 is 9.13 Å². The Morgan fingerprint density at radius 2 is 2.12 bits per heavy atom. The maximum Gasteiger partial charge on any atom is 0.131 e. The molecular weight excluding hydrogens is 333 g/mol. The lowest BCUT2D eigenvalue weighted by Gasteiger charge is -2.16. The highest BCUT2D eigenvalue weighted by Gasteiger charge is 2.22. The number of nitrogens with two attached hydrogens (primary N) is 1. The maximum atomic E-state index is 13.3. The monoisotopic (exact) mass is 361 g/mol. The molecule has 0 aliphatic carbocycles. The van der Waals surface area contributed by atoms with Gasteiger partial charge in [0.25, 0.3) is 0 Å². The molecule has 1 aliphatic rings. The highest BCUT2D eigenvalue weighted by atomic mass is 19.1. The third kappa shape index (κ3) is 5.28. The summed E-state index contributed by atoms with van der Waals surface area (Å²) in [5.74, 6) is 1.45. The van der Waals surface area contributed by atoms with Gasteiger partial charge in [0.05, 0.1) is 29.9 Å². The average molecular weight is 361 g/mol. The second-order valence-electron chi connectivity index (χ2n) is 6.71. The van der Waals surface area contributed by atoms with Gasteiger partial charge in [0, 0.05) is 17.8 Å². The second kappa shape index (κ2) is 8.78. The van der Waals surface area contributed by atoms with Crippen LogP contribution in [0.2, 0.25) is 0 Å². The first-order chi connectivity index (χ1) is 12.3. The van der Waals surface area contributed by atoms with Crippen molar-refractivity contribution in [2.24, 2.45) is 9.98 Å².